The molecule has 0 bridgehead atoms. The molecule has 1 aliphatic heterocycles. The van der Waals surface area contributed by atoms with Crippen LogP contribution < -0.4 is 10.5 Å². The Hall–Kier alpha value is -0.700. The first-order valence-electron chi connectivity index (χ1n) is 5.40. The molecule has 1 unspecified atom stereocenters. The minimum absolute atomic E-state index is 0.545. The van der Waals surface area contributed by atoms with E-state index < -0.39 is 0 Å². The normalized spacial score (nSPS) is 20.2. The van der Waals surface area contributed by atoms with Gasteiger partial charge in [0.25, 0.3) is 0 Å². The fraction of sp³-hybridized carbons (Fsp3) is 0.500. The van der Waals surface area contributed by atoms with Gasteiger partial charge in [0.1, 0.15) is 5.75 Å². The van der Waals surface area contributed by atoms with Gasteiger partial charge >= 0.3 is 0 Å². The summed E-state index contributed by atoms with van der Waals surface area (Å²) < 4.78 is 5.71. The lowest BCUT2D eigenvalue weighted by atomic mass is 9.91. The summed E-state index contributed by atoms with van der Waals surface area (Å²) in [5.74, 6) is 1.53. The van der Waals surface area contributed by atoms with Gasteiger partial charge in [-0.2, -0.15) is 0 Å². The zero-order valence-corrected chi connectivity index (χ0v) is 10.3. The molecule has 1 aromatic carbocycles. The van der Waals surface area contributed by atoms with Crippen molar-refractivity contribution in [2.75, 3.05) is 17.7 Å². The van der Waals surface area contributed by atoms with E-state index in [2.05, 4.69) is 15.9 Å². The molecule has 0 saturated carbocycles. The Morgan fingerprint density at radius 2 is 2.33 bits per heavy atom. The average Bonchev–Trinajstić information content (AvgIpc) is 2.42. The van der Waals surface area contributed by atoms with Crippen LogP contribution in [0.15, 0.2) is 18.2 Å². The molecule has 3 heteroatoms. The summed E-state index contributed by atoms with van der Waals surface area (Å²) in [6, 6.07) is 5.96. The topological polar surface area (TPSA) is 35.2 Å². The SMILES string of the molecule is Nc1cccc2c1C(CCBr)CCCO2. The average molecular weight is 270 g/mol. The van der Waals surface area contributed by atoms with Gasteiger partial charge in [0.2, 0.25) is 0 Å². The van der Waals surface area contributed by atoms with Gasteiger partial charge in [0.15, 0.2) is 0 Å². The number of nitrogens with two attached hydrogens (primary N) is 1. The molecule has 2 rings (SSSR count). The minimum Gasteiger partial charge on any atom is -0.493 e. The largest absolute Gasteiger partial charge is 0.493 e. The molecular weight excluding hydrogens is 254 g/mol. The van der Waals surface area contributed by atoms with Crippen LogP contribution in [0.5, 0.6) is 5.75 Å². The van der Waals surface area contributed by atoms with Crippen LogP contribution >= 0.6 is 15.9 Å². The zero-order chi connectivity index (χ0) is 10.7. The Bertz CT molecular complexity index is 340. The first kappa shape index (κ1) is 10.8. The number of nitrogen functional groups attached to an aromatic ring is 1. The molecule has 82 valence electrons. The molecule has 2 N–H and O–H groups in total. The van der Waals surface area contributed by atoms with Gasteiger partial charge < -0.3 is 10.5 Å². The number of hydrogen-bond acceptors (Lipinski definition) is 2. The molecule has 0 amide bonds. The molecule has 0 fully saturated rings. The summed E-state index contributed by atoms with van der Waals surface area (Å²) in [6.45, 7) is 0.815. The number of fused-ring (bicyclic) bond motifs is 1. The summed E-state index contributed by atoms with van der Waals surface area (Å²) in [7, 11) is 0. The van der Waals surface area contributed by atoms with Crippen molar-refractivity contribution in [3.63, 3.8) is 0 Å². The lowest BCUT2D eigenvalue weighted by Gasteiger charge is -2.17. The molecule has 1 aliphatic rings. The van der Waals surface area contributed by atoms with Gasteiger partial charge in [0, 0.05) is 16.6 Å². The molecule has 0 aliphatic carbocycles. The smallest absolute Gasteiger partial charge is 0.124 e. The number of rotatable bonds is 2. The fourth-order valence-corrected chi connectivity index (χ4v) is 2.75. The third kappa shape index (κ3) is 2.28. The monoisotopic (exact) mass is 269 g/mol. The van der Waals surface area contributed by atoms with E-state index in [1.807, 2.05) is 18.2 Å². The van der Waals surface area contributed by atoms with Gasteiger partial charge in [-0.15, -0.1) is 0 Å². The van der Waals surface area contributed by atoms with E-state index in [4.69, 9.17) is 10.5 Å². The quantitative estimate of drug-likeness (QED) is 0.661. The number of alkyl halides is 1. The van der Waals surface area contributed by atoms with Crippen molar-refractivity contribution < 1.29 is 4.74 Å². The maximum absolute atomic E-state index is 6.04. The summed E-state index contributed by atoms with van der Waals surface area (Å²) in [5.41, 5.74) is 8.13. The van der Waals surface area contributed by atoms with Crippen molar-refractivity contribution in [2.45, 2.75) is 25.2 Å². The lowest BCUT2D eigenvalue weighted by Crippen LogP contribution is -2.03. The first-order valence-corrected chi connectivity index (χ1v) is 6.52. The van der Waals surface area contributed by atoms with Gasteiger partial charge in [-0.1, -0.05) is 22.0 Å². The van der Waals surface area contributed by atoms with Crippen LogP contribution in [0.2, 0.25) is 0 Å². The van der Waals surface area contributed by atoms with E-state index >= 15 is 0 Å². The molecule has 2 nitrogen and oxygen atoms in total. The fourth-order valence-electron chi connectivity index (χ4n) is 2.20. The summed E-state index contributed by atoms with van der Waals surface area (Å²) >= 11 is 3.51. The van der Waals surface area contributed by atoms with Crippen LogP contribution in [0, 0.1) is 0 Å². The highest BCUT2D eigenvalue weighted by molar-refractivity contribution is 9.09. The van der Waals surface area contributed by atoms with Crippen LogP contribution in [-0.4, -0.2) is 11.9 Å². The predicted octanol–water partition coefficient (Wildman–Crippen LogP) is 3.31. The van der Waals surface area contributed by atoms with Crippen LogP contribution in [0.25, 0.3) is 0 Å². The van der Waals surface area contributed by atoms with E-state index in [1.54, 1.807) is 0 Å². The maximum atomic E-state index is 6.04. The van der Waals surface area contributed by atoms with Gasteiger partial charge in [0.05, 0.1) is 6.61 Å². The molecule has 1 aromatic rings. The van der Waals surface area contributed by atoms with E-state index in [9.17, 15) is 0 Å². The Morgan fingerprint density at radius 3 is 3.13 bits per heavy atom. The minimum atomic E-state index is 0.545. The van der Waals surface area contributed by atoms with Gasteiger partial charge in [-0.3, -0.25) is 0 Å². The Kier molecular flexibility index (Phi) is 3.52. The van der Waals surface area contributed by atoms with Crippen LogP contribution in [0.1, 0.15) is 30.7 Å². The Balaban J connectivity index is 2.37. The number of anilines is 1. The lowest BCUT2D eigenvalue weighted by molar-refractivity contribution is 0.316. The molecule has 0 radical (unpaired) electrons. The molecule has 1 heterocycles. The van der Waals surface area contributed by atoms with Crippen molar-refractivity contribution in [1.82, 2.24) is 0 Å². The second-order valence-corrected chi connectivity index (χ2v) is 4.72. The number of ether oxygens (including phenoxy) is 1. The second-order valence-electron chi connectivity index (χ2n) is 3.92. The van der Waals surface area contributed by atoms with Crippen molar-refractivity contribution in [3.05, 3.63) is 23.8 Å². The third-order valence-electron chi connectivity index (χ3n) is 2.92. The molecule has 0 spiro atoms. The van der Waals surface area contributed by atoms with Gasteiger partial charge in [-0.05, 0) is 37.3 Å². The van der Waals surface area contributed by atoms with Gasteiger partial charge in [-0.25, -0.2) is 0 Å². The molecule has 1 atom stereocenters. The number of hydrogen-bond donors (Lipinski definition) is 1. The summed E-state index contributed by atoms with van der Waals surface area (Å²) in [6.07, 6.45) is 3.42. The van der Waals surface area contributed by atoms with Crippen molar-refractivity contribution in [1.29, 1.82) is 0 Å². The maximum Gasteiger partial charge on any atom is 0.124 e. The summed E-state index contributed by atoms with van der Waals surface area (Å²) in [5, 5.41) is 1.02. The van der Waals surface area contributed by atoms with Crippen molar-refractivity contribution in [3.8, 4) is 5.75 Å². The molecule has 0 aromatic heterocycles. The molecular formula is C12H16BrNO. The summed E-state index contributed by atoms with van der Waals surface area (Å²) in [4.78, 5) is 0. The van der Waals surface area contributed by atoms with E-state index in [0.717, 1.165) is 36.2 Å². The van der Waals surface area contributed by atoms with E-state index in [-0.39, 0.29) is 0 Å². The van der Waals surface area contributed by atoms with Crippen molar-refractivity contribution >= 4 is 21.6 Å². The van der Waals surface area contributed by atoms with E-state index in [0.29, 0.717) is 5.92 Å². The van der Waals surface area contributed by atoms with E-state index in [1.165, 1.54) is 12.0 Å². The highest BCUT2D eigenvalue weighted by Crippen LogP contribution is 2.39. The number of halogens is 1. The van der Waals surface area contributed by atoms with Crippen molar-refractivity contribution in [2.24, 2.45) is 0 Å². The van der Waals surface area contributed by atoms with Crippen LogP contribution in [0.3, 0.4) is 0 Å². The predicted molar refractivity (Wildman–Crippen MR) is 66.7 cm³/mol. The third-order valence-corrected chi connectivity index (χ3v) is 3.38. The standard InChI is InChI=1S/C12H16BrNO/c13-7-6-9-3-2-8-15-11-5-1-4-10(14)12(9)11/h1,4-5,9H,2-3,6-8,14H2. The zero-order valence-electron chi connectivity index (χ0n) is 8.71. The highest BCUT2D eigenvalue weighted by atomic mass is 79.9. The van der Waals surface area contributed by atoms with Crippen LogP contribution in [0.4, 0.5) is 5.69 Å². The molecule has 0 saturated heterocycles. The van der Waals surface area contributed by atoms with Crippen LogP contribution in [-0.2, 0) is 0 Å². The second kappa shape index (κ2) is 4.88. The molecule has 15 heavy (non-hydrogen) atoms. The number of benzene rings is 1. The first-order chi connectivity index (χ1) is 7.33. The Labute approximate surface area is 98.9 Å². The highest BCUT2D eigenvalue weighted by Gasteiger charge is 2.21. The Morgan fingerprint density at radius 1 is 1.47 bits per heavy atom.